The topological polar surface area (TPSA) is 69.6 Å². The molecule has 2 aromatic carbocycles. The lowest BCUT2D eigenvalue weighted by atomic mass is 10.1. The maximum absolute atomic E-state index is 12.1. The van der Waals surface area contributed by atoms with Crippen LogP contribution in [0.25, 0.3) is 0 Å². The maximum atomic E-state index is 12.1. The van der Waals surface area contributed by atoms with E-state index in [0.29, 0.717) is 18.7 Å². The molecule has 0 spiro atoms. The highest BCUT2D eigenvalue weighted by Crippen LogP contribution is 2.18. The van der Waals surface area contributed by atoms with Crippen molar-refractivity contribution in [2.75, 3.05) is 24.5 Å². The largest absolute Gasteiger partial charge is 0.478 e. The highest BCUT2D eigenvalue weighted by Gasteiger charge is 2.10. The smallest absolute Gasteiger partial charge is 0.335 e. The van der Waals surface area contributed by atoms with Crippen LogP contribution in [0, 0.1) is 6.92 Å². The van der Waals surface area contributed by atoms with E-state index in [4.69, 9.17) is 5.11 Å². The van der Waals surface area contributed by atoms with Gasteiger partial charge in [-0.2, -0.15) is 0 Å². The van der Waals surface area contributed by atoms with Gasteiger partial charge in [0.15, 0.2) is 0 Å². The number of hydrogen-bond donors (Lipinski definition) is 2. The van der Waals surface area contributed by atoms with Gasteiger partial charge in [-0.3, -0.25) is 4.79 Å². The number of para-hydroxylation sites is 1. The molecular formula is C19H22N2O3. The molecule has 0 aliphatic heterocycles. The molecule has 0 saturated heterocycles. The van der Waals surface area contributed by atoms with Crippen LogP contribution in [-0.2, 0) is 0 Å². The molecule has 2 rings (SSSR count). The van der Waals surface area contributed by atoms with Gasteiger partial charge in [0.1, 0.15) is 0 Å². The first-order valence-electron chi connectivity index (χ1n) is 7.95. The molecule has 0 aromatic heterocycles. The molecule has 5 nitrogen and oxygen atoms in total. The number of carbonyl (C=O) groups excluding carboxylic acids is 1. The Morgan fingerprint density at radius 2 is 1.67 bits per heavy atom. The Kier molecular flexibility index (Phi) is 5.95. The molecule has 0 unspecified atom stereocenters. The summed E-state index contributed by atoms with van der Waals surface area (Å²) in [7, 11) is 0. The molecule has 0 bridgehead atoms. The molecule has 1 amide bonds. The molecule has 126 valence electrons. The average molecular weight is 326 g/mol. The van der Waals surface area contributed by atoms with Crippen LogP contribution in [-0.4, -0.2) is 36.6 Å². The highest BCUT2D eigenvalue weighted by molar-refractivity contribution is 5.95. The van der Waals surface area contributed by atoms with Gasteiger partial charge in [0.25, 0.3) is 5.91 Å². The maximum Gasteiger partial charge on any atom is 0.335 e. The standard InChI is InChI=1S/C19H22N2O3/c1-3-21(17-7-5-4-6-14(17)2)13-12-20-18(22)15-8-10-16(11-9-15)19(23)24/h4-11H,3,12-13H2,1-2H3,(H,20,22)(H,23,24). The number of aromatic carboxylic acids is 1. The molecule has 2 aromatic rings. The minimum atomic E-state index is -1.00. The van der Waals surface area contributed by atoms with E-state index >= 15 is 0 Å². The summed E-state index contributed by atoms with van der Waals surface area (Å²) in [6.45, 7) is 6.23. The van der Waals surface area contributed by atoms with E-state index in [1.807, 2.05) is 12.1 Å². The second-order valence-corrected chi connectivity index (χ2v) is 5.50. The quantitative estimate of drug-likeness (QED) is 0.821. The second-order valence-electron chi connectivity index (χ2n) is 5.50. The number of nitrogens with zero attached hydrogens (tertiary/aromatic N) is 1. The number of rotatable bonds is 7. The lowest BCUT2D eigenvalue weighted by molar-refractivity contribution is 0.0696. The number of likely N-dealkylation sites (N-methyl/N-ethyl adjacent to an activating group) is 1. The van der Waals surface area contributed by atoms with E-state index in [0.717, 1.165) is 6.54 Å². The summed E-state index contributed by atoms with van der Waals surface area (Å²) in [6.07, 6.45) is 0. The van der Waals surface area contributed by atoms with E-state index < -0.39 is 5.97 Å². The monoisotopic (exact) mass is 326 g/mol. The lowest BCUT2D eigenvalue weighted by Gasteiger charge is -2.25. The molecule has 0 heterocycles. The molecule has 0 fully saturated rings. The molecule has 0 aliphatic carbocycles. The summed E-state index contributed by atoms with van der Waals surface area (Å²) in [6, 6.07) is 14.1. The number of anilines is 1. The minimum Gasteiger partial charge on any atom is -0.478 e. The Labute approximate surface area is 141 Å². The molecule has 24 heavy (non-hydrogen) atoms. The first-order chi connectivity index (χ1) is 11.5. The first-order valence-corrected chi connectivity index (χ1v) is 7.95. The predicted molar refractivity (Wildman–Crippen MR) is 94.8 cm³/mol. The fourth-order valence-electron chi connectivity index (χ4n) is 2.54. The number of carboxylic acid groups (broad SMARTS) is 1. The zero-order chi connectivity index (χ0) is 17.5. The third-order valence-electron chi connectivity index (χ3n) is 3.90. The van der Waals surface area contributed by atoms with Gasteiger partial charge in [-0.25, -0.2) is 4.79 Å². The first kappa shape index (κ1) is 17.5. The average Bonchev–Trinajstić information content (AvgIpc) is 2.59. The normalized spacial score (nSPS) is 10.2. The van der Waals surface area contributed by atoms with Crippen molar-refractivity contribution >= 4 is 17.6 Å². The lowest BCUT2D eigenvalue weighted by Crippen LogP contribution is -2.35. The minimum absolute atomic E-state index is 0.170. The van der Waals surface area contributed by atoms with Gasteiger partial charge in [-0.15, -0.1) is 0 Å². The Balaban J connectivity index is 1.91. The van der Waals surface area contributed by atoms with Crippen LogP contribution in [0.3, 0.4) is 0 Å². The number of aryl methyl sites for hydroxylation is 1. The number of amides is 1. The SMILES string of the molecule is CCN(CCNC(=O)c1ccc(C(=O)O)cc1)c1ccccc1C. The number of carboxylic acids is 1. The summed E-state index contributed by atoms with van der Waals surface area (Å²) in [5.41, 5.74) is 3.00. The number of nitrogens with one attached hydrogen (secondary N) is 1. The molecular weight excluding hydrogens is 304 g/mol. The summed E-state index contributed by atoms with van der Waals surface area (Å²) in [5, 5.41) is 11.7. The van der Waals surface area contributed by atoms with Crippen molar-refractivity contribution < 1.29 is 14.7 Å². The predicted octanol–water partition coefficient (Wildman–Crippen LogP) is 2.95. The Morgan fingerprint density at radius 1 is 1.04 bits per heavy atom. The third-order valence-corrected chi connectivity index (χ3v) is 3.90. The highest BCUT2D eigenvalue weighted by atomic mass is 16.4. The summed E-state index contributed by atoms with van der Waals surface area (Å²) >= 11 is 0. The van der Waals surface area contributed by atoms with Crippen molar-refractivity contribution in [1.82, 2.24) is 5.32 Å². The van der Waals surface area contributed by atoms with E-state index in [-0.39, 0.29) is 11.5 Å². The van der Waals surface area contributed by atoms with Crippen molar-refractivity contribution in [3.63, 3.8) is 0 Å². The van der Waals surface area contributed by atoms with E-state index in [2.05, 4.69) is 36.2 Å². The zero-order valence-electron chi connectivity index (χ0n) is 14.0. The molecule has 0 radical (unpaired) electrons. The van der Waals surface area contributed by atoms with Crippen molar-refractivity contribution in [3.8, 4) is 0 Å². The number of benzene rings is 2. The molecule has 5 heteroatoms. The van der Waals surface area contributed by atoms with E-state index in [1.54, 1.807) is 0 Å². The van der Waals surface area contributed by atoms with Gasteiger partial charge in [0, 0.05) is 30.9 Å². The van der Waals surface area contributed by atoms with Gasteiger partial charge in [0.05, 0.1) is 5.56 Å². The molecule has 0 aliphatic rings. The van der Waals surface area contributed by atoms with Crippen molar-refractivity contribution in [3.05, 3.63) is 65.2 Å². The molecule has 0 atom stereocenters. The van der Waals surface area contributed by atoms with Crippen molar-refractivity contribution in [2.45, 2.75) is 13.8 Å². The zero-order valence-corrected chi connectivity index (χ0v) is 14.0. The molecule has 2 N–H and O–H groups in total. The summed E-state index contributed by atoms with van der Waals surface area (Å²) in [5.74, 6) is -1.20. The van der Waals surface area contributed by atoms with Crippen molar-refractivity contribution in [1.29, 1.82) is 0 Å². The number of hydrogen-bond acceptors (Lipinski definition) is 3. The third kappa shape index (κ3) is 4.35. The van der Waals surface area contributed by atoms with Crippen LogP contribution in [0.15, 0.2) is 48.5 Å². The van der Waals surface area contributed by atoms with Gasteiger partial charge in [-0.05, 0) is 49.7 Å². The Bertz CT molecular complexity index is 711. The van der Waals surface area contributed by atoms with Crippen LogP contribution in [0.4, 0.5) is 5.69 Å². The van der Waals surface area contributed by atoms with Crippen LogP contribution in [0.1, 0.15) is 33.2 Å². The van der Waals surface area contributed by atoms with Gasteiger partial charge in [0.2, 0.25) is 0 Å². The Hall–Kier alpha value is -2.82. The van der Waals surface area contributed by atoms with Crippen molar-refractivity contribution in [2.24, 2.45) is 0 Å². The Morgan fingerprint density at radius 3 is 2.25 bits per heavy atom. The fourth-order valence-corrected chi connectivity index (χ4v) is 2.54. The fraction of sp³-hybridized carbons (Fsp3) is 0.263. The van der Waals surface area contributed by atoms with Crippen LogP contribution < -0.4 is 10.2 Å². The van der Waals surface area contributed by atoms with Gasteiger partial charge in [-0.1, -0.05) is 18.2 Å². The van der Waals surface area contributed by atoms with Crippen LogP contribution in [0.5, 0.6) is 0 Å². The molecule has 0 saturated carbocycles. The van der Waals surface area contributed by atoms with Gasteiger partial charge >= 0.3 is 5.97 Å². The number of carbonyl (C=O) groups is 2. The second kappa shape index (κ2) is 8.15. The van der Waals surface area contributed by atoms with E-state index in [1.165, 1.54) is 35.5 Å². The summed E-state index contributed by atoms with van der Waals surface area (Å²) < 4.78 is 0. The van der Waals surface area contributed by atoms with Crippen LogP contribution in [0.2, 0.25) is 0 Å². The van der Waals surface area contributed by atoms with Crippen LogP contribution >= 0.6 is 0 Å². The van der Waals surface area contributed by atoms with Gasteiger partial charge < -0.3 is 15.3 Å². The van der Waals surface area contributed by atoms with E-state index in [9.17, 15) is 9.59 Å². The summed E-state index contributed by atoms with van der Waals surface area (Å²) in [4.78, 5) is 25.2.